The molecule has 0 saturated heterocycles. The molecule has 1 unspecified atom stereocenters. The number of carbonyl (C=O) groups excluding carboxylic acids is 1. The molecule has 1 amide bonds. The largest absolute Gasteiger partial charge is 0.454 e. The van der Waals surface area contributed by atoms with Crippen LogP contribution in [0, 0.1) is 0 Å². The molecule has 2 aliphatic rings. The number of aromatic nitrogens is 1. The number of benzene rings is 3. The second-order valence-electron chi connectivity index (χ2n) is 8.43. The van der Waals surface area contributed by atoms with E-state index in [-0.39, 0.29) is 18.3 Å². The van der Waals surface area contributed by atoms with Crippen LogP contribution in [-0.2, 0) is 4.79 Å². The Morgan fingerprint density at radius 3 is 2.53 bits per heavy atom. The molecule has 36 heavy (non-hydrogen) atoms. The Hall–Kier alpha value is -4.43. The molecule has 0 spiro atoms. The first kappa shape index (κ1) is 22.1. The Kier molecular flexibility index (Phi) is 5.50. The summed E-state index contributed by atoms with van der Waals surface area (Å²) in [5.74, 6) is 1.04. The van der Waals surface area contributed by atoms with Gasteiger partial charge in [0.2, 0.25) is 6.79 Å². The fourth-order valence-corrected chi connectivity index (χ4v) is 5.48. The first-order chi connectivity index (χ1) is 17.6. The molecule has 3 heterocycles. The summed E-state index contributed by atoms with van der Waals surface area (Å²) in [4.78, 5) is 32.5. The smallest absolute Gasteiger partial charge is 0.271 e. The Balaban J connectivity index is 1.48. The number of carbonyl (C=O) groups is 1. The number of anilines is 1. The van der Waals surface area contributed by atoms with Crippen LogP contribution in [0.1, 0.15) is 24.1 Å². The van der Waals surface area contributed by atoms with Crippen molar-refractivity contribution in [3.8, 4) is 11.5 Å². The van der Waals surface area contributed by atoms with E-state index >= 15 is 0 Å². The second kappa shape index (κ2) is 8.98. The molecule has 0 fully saturated rings. The first-order valence-electron chi connectivity index (χ1n) is 11.4. The fraction of sp³-hybridized carbons (Fsp3) is 0.107. The van der Waals surface area contributed by atoms with Gasteiger partial charge in [0, 0.05) is 5.69 Å². The number of nitrogens with zero attached hydrogens (tertiary/aromatic N) is 2. The highest BCUT2D eigenvalue weighted by atomic mass is 32.1. The molecule has 0 aliphatic carbocycles. The molecular weight excluding hydrogens is 474 g/mol. The molecule has 3 aromatic carbocycles. The Morgan fingerprint density at radius 2 is 1.75 bits per heavy atom. The van der Waals surface area contributed by atoms with Gasteiger partial charge in [-0.15, -0.1) is 0 Å². The van der Waals surface area contributed by atoms with Gasteiger partial charge in [-0.1, -0.05) is 65.9 Å². The zero-order valence-electron chi connectivity index (χ0n) is 19.3. The minimum absolute atomic E-state index is 0.186. The summed E-state index contributed by atoms with van der Waals surface area (Å²) in [6, 6.07) is 23.8. The van der Waals surface area contributed by atoms with E-state index in [2.05, 4.69) is 10.3 Å². The molecule has 4 aromatic rings. The Morgan fingerprint density at radius 1 is 1.03 bits per heavy atom. The zero-order valence-corrected chi connectivity index (χ0v) is 20.1. The van der Waals surface area contributed by atoms with Crippen LogP contribution in [0.3, 0.4) is 0 Å². The van der Waals surface area contributed by atoms with Gasteiger partial charge in [-0.3, -0.25) is 14.2 Å². The number of hydrogen-bond donors (Lipinski definition) is 1. The number of thiazole rings is 1. The van der Waals surface area contributed by atoms with Gasteiger partial charge >= 0.3 is 0 Å². The highest BCUT2D eigenvalue weighted by Crippen LogP contribution is 2.33. The molecule has 6 rings (SSSR count). The van der Waals surface area contributed by atoms with Crippen molar-refractivity contribution >= 4 is 29.0 Å². The van der Waals surface area contributed by atoms with E-state index in [4.69, 9.17) is 9.47 Å². The highest BCUT2D eigenvalue weighted by molar-refractivity contribution is 7.07. The molecule has 7 nitrogen and oxygen atoms in total. The van der Waals surface area contributed by atoms with Gasteiger partial charge in [0.15, 0.2) is 16.3 Å². The van der Waals surface area contributed by atoms with Gasteiger partial charge in [0.1, 0.15) is 0 Å². The quantitative estimate of drug-likeness (QED) is 0.469. The van der Waals surface area contributed by atoms with Crippen molar-refractivity contribution < 1.29 is 14.3 Å². The molecule has 0 saturated carbocycles. The van der Waals surface area contributed by atoms with E-state index in [1.54, 1.807) is 4.57 Å². The number of allylic oxidation sites excluding steroid dienone is 1. The molecule has 1 aromatic heterocycles. The molecule has 1 atom stereocenters. The van der Waals surface area contributed by atoms with E-state index in [0.29, 0.717) is 37.8 Å². The average Bonchev–Trinajstić information content (AvgIpc) is 3.48. The van der Waals surface area contributed by atoms with E-state index in [1.165, 1.54) is 11.3 Å². The van der Waals surface area contributed by atoms with E-state index in [0.717, 1.165) is 11.1 Å². The summed E-state index contributed by atoms with van der Waals surface area (Å²) in [7, 11) is 0. The van der Waals surface area contributed by atoms with Crippen LogP contribution in [-0.4, -0.2) is 17.3 Å². The molecule has 1 N–H and O–H groups in total. The van der Waals surface area contributed by atoms with Gasteiger partial charge in [-0.05, 0) is 48.4 Å². The van der Waals surface area contributed by atoms with Crippen molar-refractivity contribution in [3.63, 3.8) is 0 Å². The molecule has 0 bridgehead atoms. The number of amides is 1. The minimum Gasteiger partial charge on any atom is -0.454 e. The third-order valence-electron chi connectivity index (χ3n) is 6.11. The standard InChI is InChI=1S/C28H21N3O4S/c1-17-24(26(32)30-20-10-6-3-7-11-20)25(19-8-4-2-5-9-19)31-27(33)23(36-28(31)29-17)15-18-12-13-21-22(14-18)35-16-34-21/h2-15,25H,16H2,1H3,(H,30,32)/b23-15+. The summed E-state index contributed by atoms with van der Waals surface area (Å²) in [6.07, 6.45) is 1.82. The number of para-hydroxylation sites is 1. The van der Waals surface area contributed by atoms with Crippen molar-refractivity contribution in [2.45, 2.75) is 13.0 Å². The van der Waals surface area contributed by atoms with Crippen molar-refractivity contribution in [1.29, 1.82) is 0 Å². The fourth-order valence-electron chi connectivity index (χ4n) is 4.44. The molecule has 178 valence electrons. The van der Waals surface area contributed by atoms with E-state index < -0.39 is 6.04 Å². The molecular formula is C28H21N3O4S. The van der Waals surface area contributed by atoms with Crippen LogP contribution in [0.4, 0.5) is 5.69 Å². The Bertz CT molecular complexity index is 1690. The topological polar surface area (TPSA) is 81.9 Å². The summed E-state index contributed by atoms with van der Waals surface area (Å²) < 4.78 is 13.0. The van der Waals surface area contributed by atoms with Crippen molar-refractivity contribution in [1.82, 2.24) is 4.57 Å². The predicted octanol–water partition coefficient (Wildman–Crippen LogP) is 3.60. The van der Waals surface area contributed by atoms with Gasteiger partial charge in [0.25, 0.3) is 11.5 Å². The van der Waals surface area contributed by atoms with Crippen LogP contribution in [0.2, 0.25) is 0 Å². The molecule has 0 radical (unpaired) electrons. The van der Waals surface area contributed by atoms with Crippen molar-refractivity contribution in [2.75, 3.05) is 12.1 Å². The summed E-state index contributed by atoms with van der Waals surface area (Å²) in [5.41, 5.74) is 3.14. The normalized spacial score (nSPS) is 16.5. The SMILES string of the molecule is CC1=C(C(=O)Nc2ccccc2)C(c2ccccc2)n2c(s/c(=C/c3ccc4c(c3)OCO4)c2=O)=N1. The number of ether oxygens (including phenoxy) is 2. The van der Waals surface area contributed by atoms with Gasteiger partial charge < -0.3 is 14.8 Å². The monoisotopic (exact) mass is 495 g/mol. The van der Waals surface area contributed by atoms with Crippen LogP contribution in [0.5, 0.6) is 11.5 Å². The number of rotatable bonds is 4. The maximum atomic E-state index is 13.7. The predicted molar refractivity (Wildman–Crippen MR) is 138 cm³/mol. The zero-order chi connectivity index (χ0) is 24.6. The van der Waals surface area contributed by atoms with E-state index in [9.17, 15) is 9.59 Å². The van der Waals surface area contributed by atoms with Crippen LogP contribution in [0.15, 0.2) is 99.9 Å². The second-order valence-corrected chi connectivity index (χ2v) is 9.43. The average molecular weight is 496 g/mol. The third kappa shape index (κ3) is 3.91. The van der Waals surface area contributed by atoms with Crippen molar-refractivity contribution in [3.05, 3.63) is 121 Å². The molecule has 8 heteroatoms. The van der Waals surface area contributed by atoms with Crippen LogP contribution in [0.25, 0.3) is 6.08 Å². The number of nitrogens with one attached hydrogen (secondary N) is 1. The van der Waals surface area contributed by atoms with Crippen LogP contribution >= 0.6 is 11.3 Å². The lowest BCUT2D eigenvalue weighted by Crippen LogP contribution is -2.40. The lowest BCUT2D eigenvalue weighted by Gasteiger charge is -2.25. The number of fused-ring (bicyclic) bond motifs is 2. The summed E-state index contributed by atoms with van der Waals surface area (Å²) in [5, 5.41) is 2.96. The van der Waals surface area contributed by atoms with Gasteiger partial charge in [-0.25, -0.2) is 4.99 Å². The molecule has 2 aliphatic heterocycles. The van der Waals surface area contributed by atoms with Crippen LogP contribution < -0.4 is 29.7 Å². The first-order valence-corrected chi connectivity index (χ1v) is 12.2. The summed E-state index contributed by atoms with van der Waals surface area (Å²) >= 11 is 1.30. The van der Waals surface area contributed by atoms with Gasteiger partial charge in [-0.2, -0.15) is 0 Å². The summed E-state index contributed by atoms with van der Waals surface area (Å²) in [6.45, 7) is 2.00. The van der Waals surface area contributed by atoms with Crippen molar-refractivity contribution in [2.24, 2.45) is 4.99 Å². The van der Waals surface area contributed by atoms with Gasteiger partial charge in [0.05, 0.1) is 21.8 Å². The number of hydrogen-bond acceptors (Lipinski definition) is 6. The lowest BCUT2D eigenvalue weighted by atomic mass is 9.95. The maximum Gasteiger partial charge on any atom is 0.271 e. The van der Waals surface area contributed by atoms with E-state index in [1.807, 2.05) is 91.9 Å². The maximum absolute atomic E-state index is 13.7. The highest BCUT2D eigenvalue weighted by Gasteiger charge is 2.32. The minimum atomic E-state index is -0.606. The lowest BCUT2D eigenvalue weighted by molar-refractivity contribution is -0.113. The third-order valence-corrected chi connectivity index (χ3v) is 7.09. The Labute approximate surface area is 210 Å².